The first-order chi connectivity index (χ1) is 9.33. The first-order valence-electron chi connectivity index (χ1n) is 5.71. The van der Waals surface area contributed by atoms with Crippen LogP contribution in [0.25, 0.3) is 11.1 Å². The molecule has 0 amide bonds. The number of carboxylic acids is 1. The minimum atomic E-state index is -4.01. The number of fused-ring (bicyclic) bond motifs is 1. The molecular weight excluding hydrogens is 288 g/mol. The number of rotatable bonds is 5. The van der Waals surface area contributed by atoms with Gasteiger partial charge < -0.3 is 9.52 Å². The number of nitrogens with one attached hydrogen (secondary N) is 2. The fourth-order valence-corrected chi connectivity index (χ4v) is 2.94. The van der Waals surface area contributed by atoms with Crippen molar-refractivity contribution in [3.05, 3.63) is 28.7 Å². The molecule has 0 aliphatic heterocycles. The molecule has 0 aliphatic carbocycles. The summed E-state index contributed by atoms with van der Waals surface area (Å²) in [6.07, 6.45) is 0.107. The maximum absolute atomic E-state index is 12.1. The standard InChI is InChI=1S/C11H12N2O6S/c1-2-7(10(14)15)13-20(17,18)6-3-4-8-9(5-6)19-11(16)12-8/h3-5,7,13H,2H2,1H3,(H,12,16)(H,14,15). The molecule has 2 aromatic rings. The van der Waals surface area contributed by atoms with Crippen molar-refractivity contribution in [2.24, 2.45) is 0 Å². The minimum absolute atomic E-state index is 0.0845. The summed E-state index contributed by atoms with van der Waals surface area (Å²) >= 11 is 0. The molecule has 0 spiro atoms. The molecule has 0 fully saturated rings. The summed E-state index contributed by atoms with van der Waals surface area (Å²) < 4.78 is 30.9. The predicted molar refractivity (Wildman–Crippen MR) is 68.9 cm³/mol. The number of hydrogen-bond acceptors (Lipinski definition) is 5. The van der Waals surface area contributed by atoms with Crippen molar-refractivity contribution in [2.45, 2.75) is 24.3 Å². The number of carboxylic acid groups (broad SMARTS) is 1. The van der Waals surface area contributed by atoms with Crippen molar-refractivity contribution in [1.82, 2.24) is 9.71 Å². The van der Waals surface area contributed by atoms with Gasteiger partial charge in [0.05, 0.1) is 10.4 Å². The molecule has 8 nitrogen and oxygen atoms in total. The van der Waals surface area contributed by atoms with E-state index in [0.717, 1.165) is 6.07 Å². The maximum atomic E-state index is 12.1. The summed E-state index contributed by atoms with van der Waals surface area (Å²) in [6.45, 7) is 1.55. The average Bonchev–Trinajstić information content (AvgIpc) is 2.74. The topological polar surface area (TPSA) is 129 Å². The van der Waals surface area contributed by atoms with Crippen LogP contribution < -0.4 is 10.5 Å². The monoisotopic (exact) mass is 300 g/mol. The van der Waals surface area contributed by atoms with Crippen LogP contribution in [0.4, 0.5) is 0 Å². The molecular formula is C11H12N2O6S. The van der Waals surface area contributed by atoms with E-state index >= 15 is 0 Å². The number of hydrogen-bond donors (Lipinski definition) is 3. The summed E-state index contributed by atoms with van der Waals surface area (Å²) in [6, 6.07) is 2.57. The highest BCUT2D eigenvalue weighted by molar-refractivity contribution is 7.89. The highest BCUT2D eigenvalue weighted by Gasteiger charge is 2.24. The summed E-state index contributed by atoms with van der Waals surface area (Å²) in [5.41, 5.74) is 0.445. The second-order valence-electron chi connectivity index (χ2n) is 4.09. The predicted octanol–water partition coefficient (Wildman–Crippen LogP) is 0.263. The normalized spacial score (nSPS) is 13.4. The van der Waals surface area contributed by atoms with Crippen LogP contribution in [0.2, 0.25) is 0 Å². The lowest BCUT2D eigenvalue weighted by atomic mass is 10.2. The van der Waals surface area contributed by atoms with Crippen LogP contribution in [0.3, 0.4) is 0 Å². The van der Waals surface area contributed by atoms with E-state index in [1.807, 2.05) is 0 Å². The molecule has 1 unspecified atom stereocenters. The Hall–Kier alpha value is -2.13. The van der Waals surface area contributed by atoms with Gasteiger partial charge in [-0.15, -0.1) is 0 Å². The zero-order valence-corrected chi connectivity index (χ0v) is 11.2. The number of aromatic amines is 1. The molecule has 0 radical (unpaired) electrons. The van der Waals surface area contributed by atoms with Crippen LogP contribution in [0.5, 0.6) is 0 Å². The Morgan fingerprint density at radius 1 is 1.50 bits per heavy atom. The third kappa shape index (κ3) is 2.73. The van der Waals surface area contributed by atoms with Crippen LogP contribution in [-0.4, -0.2) is 30.5 Å². The van der Waals surface area contributed by atoms with Crippen LogP contribution >= 0.6 is 0 Å². The molecule has 20 heavy (non-hydrogen) atoms. The highest BCUT2D eigenvalue weighted by Crippen LogP contribution is 2.17. The largest absolute Gasteiger partial charge is 0.480 e. The number of oxazole rings is 1. The Balaban J connectivity index is 2.40. The van der Waals surface area contributed by atoms with Crippen molar-refractivity contribution < 1.29 is 22.7 Å². The van der Waals surface area contributed by atoms with E-state index in [0.29, 0.717) is 5.52 Å². The molecule has 9 heteroatoms. The van der Waals surface area contributed by atoms with Crippen molar-refractivity contribution in [1.29, 1.82) is 0 Å². The molecule has 108 valence electrons. The highest BCUT2D eigenvalue weighted by atomic mass is 32.2. The summed E-state index contributed by atoms with van der Waals surface area (Å²) in [4.78, 5) is 24.1. The lowest BCUT2D eigenvalue weighted by Gasteiger charge is -2.12. The van der Waals surface area contributed by atoms with Gasteiger partial charge in [0.1, 0.15) is 6.04 Å². The van der Waals surface area contributed by atoms with Crippen LogP contribution in [0.15, 0.2) is 32.3 Å². The number of aliphatic carboxylic acids is 1. The number of benzene rings is 1. The van der Waals surface area contributed by atoms with Gasteiger partial charge in [0.15, 0.2) is 5.58 Å². The summed E-state index contributed by atoms with van der Waals surface area (Å²) in [5.74, 6) is -1.95. The lowest BCUT2D eigenvalue weighted by molar-refractivity contribution is -0.139. The Bertz CT molecular complexity index is 804. The zero-order valence-electron chi connectivity index (χ0n) is 10.4. The van der Waals surface area contributed by atoms with Crippen LogP contribution in [0, 0.1) is 0 Å². The molecule has 1 aromatic heterocycles. The third-order valence-corrected chi connectivity index (χ3v) is 4.18. The summed E-state index contributed by atoms with van der Waals surface area (Å²) in [5, 5.41) is 8.87. The van der Waals surface area contributed by atoms with Crippen LogP contribution in [-0.2, 0) is 14.8 Å². The van der Waals surface area contributed by atoms with E-state index in [-0.39, 0.29) is 16.9 Å². The van der Waals surface area contributed by atoms with Crippen molar-refractivity contribution >= 4 is 27.1 Å². The Labute approximate surface area is 113 Å². The zero-order chi connectivity index (χ0) is 14.9. The van der Waals surface area contributed by atoms with Gasteiger partial charge in [0.25, 0.3) is 0 Å². The van der Waals surface area contributed by atoms with E-state index in [1.165, 1.54) is 12.1 Å². The molecule has 3 N–H and O–H groups in total. The molecule has 1 atom stereocenters. The van der Waals surface area contributed by atoms with Gasteiger partial charge in [-0.3, -0.25) is 9.78 Å². The van der Waals surface area contributed by atoms with Gasteiger partial charge >= 0.3 is 11.7 Å². The molecule has 0 saturated heterocycles. The van der Waals surface area contributed by atoms with Crippen molar-refractivity contribution in [2.75, 3.05) is 0 Å². The molecule has 0 bridgehead atoms. The van der Waals surface area contributed by atoms with Crippen LogP contribution in [0.1, 0.15) is 13.3 Å². The molecule has 0 saturated carbocycles. The lowest BCUT2D eigenvalue weighted by Crippen LogP contribution is -2.40. The number of H-pyrrole nitrogens is 1. The molecule has 1 aromatic carbocycles. The Kier molecular flexibility index (Phi) is 3.64. The van der Waals surface area contributed by atoms with E-state index < -0.39 is 27.8 Å². The second kappa shape index (κ2) is 5.10. The third-order valence-electron chi connectivity index (χ3n) is 2.71. The number of carbonyl (C=O) groups is 1. The first-order valence-corrected chi connectivity index (χ1v) is 7.20. The summed E-state index contributed by atoms with van der Waals surface area (Å²) in [7, 11) is -4.01. The molecule has 0 aliphatic rings. The van der Waals surface area contributed by atoms with Crippen molar-refractivity contribution in [3.8, 4) is 0 Å². The first kappa shape index (κ1) is 14.3. The fourth-order valence-electron chi connectivity index (χ4n) is 1.66. The number of aromatic nitrogens is 1. The van der Waals surface area contributed by atoms with Gasteiger partial charge in [0.2, 0.25) is 10.0 Å². The minimum Gasteiger partial charge on any atom is -0.480 e. The van der Waals surface area contributed by atoms with Gasteiger partial charge in [0, 0.05) is 6.07 Å². The maximum Gasteiger partial charge on any atom is 0.417 e. The van der Waals surface area contributed by atoms with E-state index in [4.69, 9.17) is 9.52 Å². The van der Waals surface area contributed by atoms with E-state index in [1.54, 1.807) is 6.92 Å². The SMILES string of the molecule is CCC(NS(=O)(=O)c1ccc2[nH]c(=O)oc2c1)C(=O)O. The van der Waals surface area contributed by atoms with E-state index in [2.05, 4.69) is 9.71 Å². The number of sulfonamides is 1. The molecule has 1 heterocycles. The van der Waals surface area contributed by atoms with Gasteiger partial charge in [-0.1, -0.05) is 6.92 Å². The van der Waals surface area contributed by atoms with E-state index in [9.17, 15) is 18.0 Å². The quantitative estimate of drug-likeness (QED) is 0.726. The second-order valence-corrected chi connectivity index (χ2v) is 5.81. The fraction of sp³-hybridized carbons (Fsp3) is 0.273. The van der Waals surface area contributed by atoms with Gasteiger partial charge in [-0.05, 0) is 18.6 Å². The Morgan fingerprint density at radius 3 is 2.80 bits per heavy atom. The van der Waals surface area contributed by atoms with Crippen molar-refractivity contribution in [3.63, 3.8) is 0 Å². The smallest absolute Gasteiger partial charge is 0.417 e. The van der Waals surface area contributed by atoms with Gasteiger partial charge in [-0.25, -0.2) is 13.2 Å². The molecule has 2 rings (SSSR count). The van der Waals surface area contributed by atoms with Gasteiger partial charge in [-0.2, -0.15) is 4.72 Å². The average molecular weight is 300 g/mol. The Morgan fingerprint density at radius 2 is 2.20 bits per heavy atom.